The summed E-state index contributed by atoms with van der Waals surface area (Å²) >= 11 is 0. The molecule has 120 valence electrons. The Morgan fingerprint density at radius 2 is 1.96 bits per heavy atom. The van der Waals surface area contributed by atoms with Gasteiger partial charge in [0.15, 0.2) is 5.82 Å². The third-order valence-corrected chi connectivity index (χ3v) is 4.78. The van der Waals surface area contributed by atoms with E-state index in [-0.39, 0.29) is 0 Å². The second kappa shape index (κ2) is 6.10. The molecule has 23 heavy (non-hydrogen) atoms. The SMILES string of the molecule is Cc1cc(NC2CCN(c3cc4c(nn3)CCC4)CC2)ncn1. The van der Waals surface area contributed by atoms with E-state index in [0.717, 1.165) is 56.1 Å². The zero-order chi connectivity index (χ0) is 15.6. The molecular formula is C17H22N6. The normalized spacial score (nSPS) is 18.0. The van der Waals surface area contributed by atoms with Crippen molar-refractivity contribution in [3.63, 3.8) is 0 Å². The number of fused-ring (bicyclic) bond motifs is 1. The van der Waals surface area contributed by atoms with Crippen molar-refractivity contribution < 1.29 is 0 Å². The number of nitrogens with one attached hydrogen (secondary N) is 1. The van der Waals surface area contributed by atoms with E-state index in [1.54, 1.807) is 6.33 Å². The van der Waals surface area contributed by atoms with Gasteiger partial charge in [-0.1, -0.05) is 0 Å². The van der Waals surface area contributed by atoms with Crippen molar-refractivity contribution in [3.05, 3.63) is 35.4 Å². The van der Waals surface area contributed by atoms with Crippen molar-refractivity contribution in [3.8, 4) is 0 Å². The largest absolute Gasteiger partial charge is 0.367 e. The Balaban J connectivity index is 1.37. The molecular weight excluding hydrogens is 288 g/mol. The minimum atomic E-state index is 0.461. The van der Waals surface area contributed by atoms with Gasteiger partial charge < -0.3 is 10.2 Å². The maximum absolute atomic E-state index is 4.43. The Kier molecular flexibility index (Phi) is 3.81. The first-order valence-electron chi connectivity index (χ1n) is 8.43. The molecule has 0 saturated carbocycles. The van der Waals surface area contributed by atoms with Crippen molar-refractivity contribution >= 4 is 11.6 Å². The quantitative estimate of drug-likeness (QED) is 0.937. The first kappa shape index (κ1) is 14.4. The maximum Gasteiger partial charge on any atom is 0.151 e. The molecule has 0 unspecified atom stereocenters. The van der Waals surface area contributed by atoms with Gasteiger partial charge in [-0.25, -0.2) is 9.97 Å². The summed E-state index contributed by atoms with van der Waals surface area (Å²) in [6.45, 7) is 4.01. The third kappa shape index (κ3) is 3.11. The van der Waals surface area contributed by atoms with Gasteiger partial charge >= 0.3 is 0 Å². The molecule has 2 aromatic rings. The Bertz CT molecular complexity index is 693. The molecule has 0 bridgehead atoms. The molecule has 1 aliphatic carbocycles. The van der Waals surface area contributed by atoms with Crippen LogP contribution in [0.2, 0.25) is 0 Å². The van der Waals surface area contributed by atoms with Crippen LogP contribution in [0.25, 0.3) is 0 Å². The fourth-order valence-electron chi connectivity index (χ4n) is 3.47. The zero-order valence-electron chi connectivity index (χ0n) is 13.5. The Labute approximate surface area is 136 Å². The van der Waals surface area contributed by atoms with Gasteiger partial charge in [0.2, 0.25) is 0 Å². The molecule has 6 nitrogen and oxygen atoms in total. The smallest absolute Gasteiger partial charge is 0.151 e. The highest BCUT2D eigenvalue weighted by Crippen LogP contribution is 2.25. The molecule has 1 fully saturated rings. The first-order valence-corrected chi connectivity index (χ1v) is 8.43. The highest BCUT2D eigenvalue weighted by molar-refractivity contribution is 5.44. The van der Waals surface area contributed by atoms with Gasteiger partial charge in [-0.3, -0.25) is 0 Å². The molecule has 1 saturated heterocycles. The number of anilines is 2. The predicted octanol–water partition coefficient (Wildman–Crippen LogP) is 2.14. The molecule has 4 rings (SSSR count). The molecule has 0 aromatic carbocycles. The van der Waals surface area contributed by atoms with Gasteiger partial charge in [0.25, 0.3) is 0 Å². The van der Waals surface area contributed by atoms with E-state index in [0.29, 0.717) is 6.04 Å². The summed E-state index contributed by atoms with van der Waals surface area (Å²) in [6.07, 6.45) is 7.25. The molecule has 1 N–H and O–H groups in total. The van der Waals surface area contributed by atoms with E-state index in [9.17, 15) is 0 Å². The summed E-state index contributed by atoms with van der Waals surface area (Å²) in [5.41, 5.74) is 3.59. The number of rotatable bonds is 3. The highest BCUT2D eigenvalue weighted by Gasteiger charge is 2.22. The molecule has 6 heteroatoms. The van der Waals surface area contributed by atoms with Gasteiger partial charge in [-0.05, 0) is 50.7 Å². The number of aryl methyl sites for hydroxylation is 3. The monoisotopic (exact) mass is 310 g/mol. The number of aromatic nitrogens is 4. The molecule has 1 aliphatic heterocycles. The first-order chi connectivity index (χ1) is 11.3. The molecule has 2 aliphatic rings. The lowest BCUT2D eigenvalue weighted by Crippen LogP contribution is -2.39. The topological polar surface area (TPSA) is 66.8 Å². The van der Waals surface area contributed by atoms with Crippen LogP contribution in [0, 0.1) is 6.92 Å². The Morgan fingerprint density at radius 3 is 2.78 bits per heavy atom. The fraction of sp³-hybridized carbons (Fsp3) is 0.529. The van der Waals surface area contributed by atoms with Crippen molar-refractivity contribution in [1.82, 2.24) is 20.2 Å². The van der Waals surface area contributed by atoms with Crippen LogP contribution in [0.1, 0.15) is 36.2 Å². The summed E-state index contributed by atoms with van der Waals surface area (Å²) in [5, 5.41) is 12.4. The zero-order valence-corrected chi connectivity index (χ0v) is 13.5. The van der Waals surface area contributed by atoms with Crippen molar-refractivity contribution in [2.45, 2.75) is 45.1 Å². The molecule has 0 amide bonds. The van der Waals surface area contributed by atoms with Crippen LogP contribution in [0.15, 0.2) is 18.5 Å². The van der Waals surface area contributed by atoms with Crippen LogP contribution >= 0.6 is 0 Å². The van der Waals surface area contributed by atoms with Crippen LogP contribution in [-0.4, -0.2) is 39.3 Å². The van der Waals surface area contributed by atoms with Crippen LogP contribution in [-0.2, 0) is 12.8 Å². The van der Waals surface area contributed by atoms with Crippen LogP contribution < -0.4 is 10.2 Å². The standard InChI is InChI=1S/C17H22N6/c1-12-9-16(19-11-18-12)20-14-5-7-23(8-6-14)17-10-13-3-2-4-15(13)21-22-17/h9-11,14H,2-8H2,1H3,(H,18,19,20). The lowest BCUT2D eigenvalue weighted by Gasteiger charge is -2.33. The van der Waals surface area contributed by atoms with Gasteiger partial charge in [0, 0.05) is 30.9 Å². The predicted molar refractivity (Wildman–Crippen MR) is 89.7 cm³/mol. The minimum Gasteiger partial charge on any atom is -0.367 e. The summed E-state index contributed by atoms with van der Waals surface area (Å²) in [5.74, 6) is 1.97. The van der Waals surface area contributed by atoms with E-state index in [1.807, 2.05) is 13.0 Å². The summed E-state index contributed by atoms with van der Waals surface area (Å²) in [7, 11) is 0. The second-order valence-electron chi connectivity index (χ2n) is 6.48. The van der Waals surface area contributed by atoms with Crippen molar-refractivity contribution in [2.75, 3.05) is 23.3 Å². The molecule has 0 spiro atoms. The maximum atomic E-state index is 4.43. The molecule has 0 atom stereocenters. The lowest BCUT2D eigenvalue weighted by molar-refractivity contribution is 0.520. The average molecular weight is 310 g/mol. The fourth-order valence-corrected chi connectivity index (χ4v) is 3.47. The van der Waals surface area contributed by atoms with Gasteiger partial charge in [-0.15, -0.1) is 5.10 Å². The highest BCUT2D eigenvalue weighted by atomic mass is 15.3. The summed E-state index contributed by atoms with van der Waals surface area (Å²) in [4.78, 5) is 10.8. The van der Waals surface area contributed by atoms with Gasteiger partial charge in [-0.2, -0.15) is 5.10 Å². The van der Waals surface area contributed by atoms with Crippen molar-refractivity contribution in [1.29, 1.82) is 0 Å². The van der Waals surface area contributed by atoms with Crippen LogP contribution in [0.3, 0.4) is 0 Å². The minimum absolute atomic E-state index is 0.461. The number of hydrogen-bond acceptors (Lipinski definition) is 6. The van der Waals surface area contributed by atoms with Crippen LogP contribution in [0.4, 0.5) is 11.6 Å². The van der Waals surface area contributed by atoms with E-state index < -0.39 is 0 Å². The third-order valence-electron chi connectivity index (χ3n) is 4.78. The Morgan fingerprint density at radius 1 is 1.09 bits per heavy atom. The average Bonchev–Trinajstić information content (AvgIpc) is 3.03. The number of hydrogen-bond donors (Lipinski definition) is 1. The molecule has 3 heterocycles. The van der Waals surface area contributed by atoms with E-state index in [1.165, 1.54) is 17.7 Å². The summed E-state index contributed by atoms with van der Waals surface area (Å²) < 4.78 is 0. The second-order valence-corrected chi connectivity index (χ2v) is 6.48. The lowest BCUT2D eigenvalue weighted by atomic mass is 10.0. The van der Waals surface area contributed by atoms with E-state index >= 15 is 0 Å². The number of nitrogens with zero attached hydrogens (tertiary/aromatic N) is 5. The molecule has 2 aromatic heterocycles. The van der Waals surface area contributed by atoms with E-state index in [4.69, 9.17) is 0 Å². The molecule has 0 radical (unpaired) electrons. The van der Waals surface area contributed by atoms with E-state index in [2.05, 4.69) is 36.4 Å². The Hall–Kier alpha value is -2.24. The van der Waals surface area contributed by atoms with Gasteiger partial charge in [0.1, 0.15) is 12.1 Å². The van der Waals surface area contributed by atoms with Gasteiger partial charge in [0.05, 0.1) is 5.69 Å². The van der Waals surface area contributed by atoms with Crippen LogP contribution in [0.5, 0.6) is 0 Å². The summed E-state index contributed by atoms with van der Waals surface area (Å²) in [6, 6.07) is 4.71. The van der Waals surface area contributed by atoms with Crippen molar-refractivity contribution in [2.24, 2.45) is 0 Å². The number of piperidine rings is 1.